The van der Waals surface area contributed by atoms with E-state index in [4.69, 9.17) is 16.5 Å². The van der Waals surface area contributed by atoms with Crippen LogP contribution in [0.15, 0.2) is 140 Å². The fraction of sp³-hybridized carbons (Fsp3) is 0.143. The van der Waals surface area contributed by atoms with Gasteiger partial charge < -0.3 is 19.6 Å². The molecule has 0 radical (unpaired) electrons. The maximum absolute atomic E-state index is 5.32. The van der Waals surface area contributed by atoms with Gasteiger partial charge in [0.25, 0.3) is 0 Å². The second kappa shape index (κ2) is 10.1. The molecule has 1 aromatic heterocycles. The van der Waals surface area contributed by atoms with E-state index in [2.05, 4.69) is 161 Å². The first-order chi connectivity index (χ1) is 23.6. The highest BCUT2D eigenvalue weighted by atomic mass is 15.5. The van der Waals surface area contributed by atoms with Crippen molar-refractivity contribution in [2.45, 2.75) is 25.2 Å². The Balaban J connectivity index is 1.26. The minimum absolute atomic E-state index is 0.0381. The van der Waals surface area contributed by atoms with Gasteiger partial charge >= 0.3 is 0 Å². The number of hydrogen-bond donors (Lipinski definition) is 0. The summed E-state index contributed by atoms with van der Waals surface area (Å²) in [5.41, 5.74) is 12.9. The topological polar surface area (TPSA) is 38.7 Å². The summed E-state index contributed by atoms with van der Waals surface area (Å²) in [4.78, 5) is 20.4. The highest BCUT2D eigenvalue weighted by molar-refractivity contribution is 5.96. The largest absolute Gasteiger partial charge is 0.337 e. The van der Waals surface area contributed by atoms with Gasteiger partial charge in [-0.2, -0.15) is 0 Å². The van der Waals surface area contributed by atoms with Gasteiger partial charge in [0.2, 0.25) is 0 Å². The second-order valence-electron chi connectivity index (χ2n) is 13.2. The molecule has 4 aliphatic rings. The molecule has 0 saturated carbocycles. The lowest BCUT2D eigenvalue weighted by Crippen LogP contribution is -2.59. The maximum atomic E-state index is 5.32. The highest BCUT2D eigenvalue weighted by Gasteiger charge is 2.58. The molecule has 0 spiro atoms. The number of para-hydroxylation sites is 5. The van der Waals surface area contributed by atoms with Crippen molar-refractivity contribution >= 4 is 45.5 Å². The van der Waals surface area contributed by atoms with Crippen LogP contribution >= 0.6 is 0 Å². The Morgan fingerprint density at radius 1 is 0.583 bits per heavy atom. The van der Waals surface area contributed by atoms with E-state index in [-0.39, 0.29) is 24.2 Å². The molecule has 4 aliphatic heterocycles. The highest BCUT2D eigenvalue weighted by Crippen LogP contribution is 2.63. The minimum Gasteiger partial charge on any atom is -0.337 e. The number of hydrogen-bond acceptors (Lipinski definition) is 6. The van der Waals surface area contributed by atoms with Crippen LogP contribution in [-0.4, -0.2) is 29.3 Å². The van der Waals surface area contributed by atoms with Crippen LogP contribution in [0.25, 0.3) is 17.0 Å². The van der Waals surface area contributed by atoms with Crippen molar-refractivity contribution in [3.05, 3.63) is 157 Å². The molecule has 0 N–H and O–H groups in total. The molecule has 232 valence electrons. The van der Waals surface area contributed by atoms with Crippen LogP contribution in [0.2, 0.25) is 0 Å². The van der Waals surface area contributed by atoms with Gasteiger partial charge in [0, 0.05) is 41.4 Å². The number of aromatic nitrogens is 2. The van der Waals surface area contributed by atoms with Gasteiger partial charge in [0.05, 0.1) is 23.3 Å². The second-order valence-corrected chi connectivity index (χ2v) is 13.2. The Morgan fingerprint density at radius 3 is 1.96 bits per heavy atom. The predicted octanol–water partition coefficient (Wildman–Crippen LogP) is 9.42. The number of aryl methyl sites for hydroxylation is 1. The molecule has 0 bridgehead atoms. The summed E-state index contributed by atoms with van der Waals surface area (Å²) in [7, 11) is 2.21. The Morgan fingerprint density at radius 2 is 1.19 bits per heavy atom. The van der Waals surface area contributed by atoms with Crippen LogP contribution in [0.5, 0.6) is 0 Å². The quantitative estimate of drug-likeness (QED) is 0.192. The zero-order valence-corrected chi connectivity index (χ0v) is 26.9. The monoisotopic (exact) mass is 622 g/mol. The van der Waals surface area contributed by atoms with Crippen molar-refractivity contribution < 1.29 is 0 Å². The molecule has 5 aromatic carbocycles. The molecular weight excluding hydrogens is 589 g/mol. The third kappa shape index (κ3) is 3.57. The maximum Gasteiger partial charge on any atom is 0.161 e. The van der Waals surface area contributed by atoms with E-state index in [1.54, 1.807) is 0 Å². The molecule has 0 amide bonds. The first kappa shape index (κ1) is 27.3. The van der Waals surface area contributed by atoms with E-state index in [1.807, 2.05) is 6.20 Å². The van der Waals surface area contributed by atoms with Gasteiger partial charge in [-0.25, -0.2) is 9.97 Å². The summed E-state index contributed by atoms with van der Waals surface area (Å²) < 4.78 is 0. The van der Waals surface area contributed by atoms with E-state index in [1.165, 1.54) is 33.9 Å². The van der Waals surface area contributed by atoms with Crippen LogP contribution < -0.4 is 19.6 Å². The van der Waals surface area contributed by atoms with E-state index in [9.17, 15) is 0 Å². The Labute approximate surface area is 280 Å². The first-order valence-electron chi connectivity index (χ1n) is 16.7. The summed E-state index contributed by atoms with van der Waals surface area (Å²) in [6, 6.07) is 45.8. The number of anilines is 7. The number of nitrogens with zero attached hydrogens (tertiary/aromatic N) is 6. The molecule has 4 atom stereocenters. The lowest BCUT2D eigenvalue weighted by atomic mass is 9.72. The summed E-state index contributed by atoms with van der Waals surface area (Å²) in [6.07, 6.45) is 1.92. The van der Waals surface area contributed by atoms with Gasteiger partial charge in [-0.15, -0.1) is 0 Å². The van der Waals surface area contributed by atoms with E-state index >= 15 is 0 Å². The van der Waals surface area contributed by atoms with Crippen LogP contribution in [0, 0.1) is 12.8 Å². The van der Waals surface area contributed by atoms with Crippen LogP contribution in [-0.2, 0) is 0 Å². The zero-order valence-electron chi connectivity index (χ0n) is 26.9. The Kier molecular flexibility index (Phi) is 5.71. The molecule has 5 heterocycles. The lowest BCUT2D eigenvalue weighted by Gasteiger charge is -2.50. The smallest absolute Gasteiger partial charge is 0.161 e. The SMILES string of the molecule is C=C1c2ccccc2N2c3cnc(-c4ccccc4C)nc3N(C)C2C2C1c1ccccc1N1c3ccccc3N(c3ccccc3)C21. The van der Waals surface area contributed by atoms with Crippen molar-refractivity contribution in [2.75, 3.05) is 26.6 Å². The predicted molar refractivity (Wildman–Crippen MR) is 196 cm³/mol. The normalized spacial score (nSPS) is 21.4. The summed E-state index contributed by atoms with van der Waals surface area (Å²) >= 11 is 0. The van der Waals surface area contributed by atoms with E-state index in [0.717, 1.165) is 39.7 Å². The average Bonchev–Trinajstić information content (AvgIpc) is 3.59. The van der Waals surface area contributed by atoms with Crippen molar-refractivity contribution in [3.8, 4) is 11.4 Å². The molecule has 10 rings (SSSR count). The average molecular weight is 623 g/mol. The summed E-state index contributed by atoms with van der Waals surface area (Å²) in [6.45, 7) is 7.04. The Hall–Kier alpha value is -5.88. The van der Waals surface area contributed by atoms with Crippen molar-refractivity contribution in [2.24, 2.45) is 5.92 Å². The van der Waals surface area contributed by atoms with Gasteiger partial charge in [-0.1, -0.05) is 97.6 Å². The zero-order chi connectivity index (χ0) is 32.1. The van der Waals surface area contributed by atoms with Gasteiger partial charge in [-0.05, 0) is 60.0 Å². The summed E-state index contributed by atoms with van der Waals surface area (Å²) in [5, 5.41) is 0. The summed E-state index contributed by atoms with van der Waals surface area (Å²) in [5.74, 6) is 1.79. The van der Waals surface area contributed by atoms with Crippen LogP contribution in [0.4, 0.5) is 39.9 Å². The first-order valence-corrected chi connectivity index (χ1v) is 16.7. The van der Waals surface area contributed by atoms with Crippen molar-refractivity contribution in [3.63, 3.8) is 0 Å². The molecule has 0 aliphatic carbocycles. The van der Waals surface area contributed by atoms with Gasteiger partial charge in [0.15, 0.2) is 11.6 Å². The number of fused-ring (bicyclic) bond motifs is 14. The fourth-order valence-electron chi connectivity index (χ4n) is 8.88. The molecule has 0 fully saturated rings. The minimum atomic E-state index is -0.0757. The van der Waals surface area contributed by atoms with Crippen molar-refractivity contribution in [1.82, 2.24) is 9.97 Å². The number of rotatable bonds is 2. The molecular formula is C42H34N6. The van der Waals surface area contributed by atoms with E-state index < -0.39 is 0 Å². The van der Waals surface area contributed by atoms with E-state index in [0.29, 0.717) is 0 Å². The standard InChI is InChI=1S/C42H34N6/c1-26-15-7-8-18-29(26)39-43-25-36-40(44-39)45(3)41-38-37(27(2)30-19-9-11-21-32(30)48(36)41)31-20-10-12-22-33(31)47-35-24-14-13-23-34(35)46(42(38)47)28-16-5-4-6-17-28/h4-25,37-38,41-42H,2H2,1,3H3. The van der Waals surface area contributed by atoms with Gasteiger partial charge in [0.1, 0.15) is 18.0 Å². The number of benzene rings is 5. The Bertz CT molecular complexity index is 2260. The third-order valence-corrected chi connectivity index (χ3v) is 10.8. The molecule has 6 heteroatoms. The third-order valence-electron chi connectivity index (χ3n) is 10.8. The lowest BCUT2D eigenvalue weighted by molar-refractivity contribution is 0.324. The van der Waals surface area contributed by atoms with Crippen molar-refractivity contribution in [1.29, 1.82) is 0 Å². The fourth-order valence-corrected chi connectivity index (χ4v) is 8.88. The molecule has 6 aromatic rings. The van der Waals surface area contributed by atoms with Crippen LogP contribution in [0.1, 0.15) is 22.6 Å². The molecule has 4 unspecified atom stereocenters. The molecule has 6 nitrogen and oxygen atoms in total. The number of allylic oxidation sites excluding steroid dienone is 1. The van der Waals surface area contributed by atoms with Crippen LogP contribution in [0.3, 0.4) is 0 Å². The molecule has 0 saturated heterocycles. The van der Waals surface area contributed by atoms with Gasteiger partial charge in [-0.3, -0.25) is 0 Å². The molecule has 48 heavy (non-hydrogen) atoms.